The van der Waals surface area contributed by atoms with E-state index >= 15 is 0 Å². The molecule has 0 heterocycles. The summed E-state index contributed by atoms with van der Waals surface area (Å²) in [7, 11) is 0. The minimum absolute atomic E-state index is 0.134. The lowest BCUT2D eigenvalue weighted by molar-refractivity contribution is -0.218. The maximum atomic E-state index is 12.3. The molecule has 21 atom stereocenters. The number of rotatable bonds is 1. The van der Waals surface area contributed by atoms with Crippen molar-refractivity contribution >= 4 is 23.5 Å². The molecule has 59 heavy (non-hydrogen) atoms. The van der Waals surface area contributed by atoms with Crippen molar-refractivity contribution in [2.45, 2.75) is 135 Å². The van der Waals surface area contributed by atoms with Gasteiger partial charge in [0.1, 0.15) is 17.0 Å². The van der Waals surface area contributed by atoms with Crippen molar-refractivity contribution in [3.8, 4) is 23.7 Å². The number of ether oxygens (including phenoxy) is 1. The number of carboxylic acids is 1. The Morgan fingerprint density at radius 3 is 1.93 bits per heavy atom. The van der Waals surface area contributed by atoms with Gasteiger partial charge in [-0.2, -0.15) is 0 Å². The van der Waals surface area contributed by atoms with Crippen LogP contribution in [0.15, 0.2) is 11.6 Å². The molecule has 11 fully saturated rings. The predicted molar refractivity (Wildman–Crippen MR) is 214 cm³/mol. The van der Waals surface area contributed by atoms with E-state index in [2.05, 4.69) is 51.4 Å². The standard InChI is InChI=1S/C26H34O5.C24H28O4/c1-4-31-20(28)7-10-25(29)19-12-16(19)22-21-15-11-18(15)26(30)13-14(27)5-8-23(26,2)17(21)6-9-24(22,25)3;1-22-6-3-12(25)9-17(22)13-10-14(13)20-16(22)4-7-23(2)21(20)15-11-18(15)24(23,28)8-5-19(26)27/h15-19,21-22,29-30H,4-6,8-9,11-13H2,1-3H3;9,13-16,18,20-21,28H,3-4,6-7,10-11H2,1-2H3,(H,26,27)/t15-,16+,17?,18+,19-,21?,22?,23+,24-,25-,26+;13-,14+,15-,16?,18+,20?,21?,22-,23+,24+/m01/s1. The SMILES string of the molecule is CCOC(=O)C#C[C@]1(O)[C@H]2C[C@H]2C2C3C(CC[C@@]21C)[C@@]1(C)CCC(=O)C[C@@]1(O)[C@@H]1C[C@H]31.C[C@]12CCC(=O)C=C1[C@@H]1C[C@@H]1C1C2CC[C@@]2(C)C1[C@@H]1C[C@@H]1[C@@]2(O)C#CC(=O)O. The zero-order chi connectivity index (χ0) is 41.6. The summed E-state index contributed by atoms with van der Waals surface area (Å²) in [4.78, 5) is 47.4. The van der Waals surface area contributed by atoms with E-state index in [0.29, 0.717) is 90.1 Å². The Morgan fingerprint density at radius 1 is 0.712 bits per heavy atom. The van der Waals surface area contributed by atoms with Crippen molar-refractivity contribution in [1.29, 1.82) is 0 Å². The number of hydrogen-bond acceptors (Lipinski definition) is 8. The smallest absolute Gasteiger partial charge is 0.384 e. The van der Waals surface area contributed by atoms with Crippen molar-refractivity contribution in [2.24, 2.45) is 105 Å². The van der Waals surface area contributed by atoms with Crippen molar-refractivity contribution in [3.05, 3.63) is 11.6 Å². The highest BCUT2D eigenvalue weighted by Crippen LogP contribution is 2.83. The first-order valence-electron chi connectivity index (χ1n) is 23.2. The monoisotopic (exact) mass is 806 g/mol. The topological polar surface area (TPSA) is 158 Å². The Morgan fingerprint density at radius 2 is 1.31 bits per heavy atom. The summed E-state index contributed by atoms with van der Waals surface area (Å²) in [6.07, 6.45) is 13.3. The van der Waals surface area contributed by atoms with Crippen LogP contribution in [0, 0.1) is 128 Å². The molecule has 11 saturated carbocycles. The highest BCUT2D eigenvalue weighted by Gasteiger charge is 2.82. The lowest BCUT2D eigenvalue weighted by Crippen LogP contribution is -2.65. The minimum atomic E-state index is -1.16. The number of carbonyl (C=O) groups excluding carboxylic acids is 3. The van der Waals surface area contributed by atoms with Crippen LogP contribution in [-0.4, -0.2) is 67.3 Å². The molecule has 12 aliphatic rings. The molecule has 0 aromatic rings. The van der Waals surface area contributed by atoms with Gasteiger partial charge in [-0.3, -0.25) is 9.59 Å². The molecule has 9 heteroatoms. The predicted octanol–water partition coefficient (Wildman–Crippen LogP) is 5.77. The van der Waals surface area contributed by atoms with E-state index in [0.717, 1.165) is 57.8 Å². The normalized spacial score (nSPS) is 57.6. The number of esters is 1. The average molecular weight is 807 g/mol. The van der Waals surface area contributed by atoms with Gasteiger partial charge in [0, 0.05) is 59.2 Å². The molecule has 0 spiro atoms. The van der Waals surface area contributed by atoms with Gasteiger partial charge in [-0.15, -0.1) is 0 Å². The second-order valence-electron chi connectivity index (χ2n) is 23.0. The second-order valence-corrected chi connectivity index (χ2v) is 23.0. The number of carbonyl (C=O) groups is 4. The van der Waals surface area contributed by atoms with Crippen LogP contribution in [0.25, 0.3) is 0 Å². The lowest BCUT2D eigenvalue weighted by Gasteiger charge is -2.63. The first-order valence-corrected chi connectivity index (χ1v) is 23.2. The zero-order valence-corrected chi connectivity index (χ0v) is 35.4. The van der Waals surface area contributed by atoms with Crippen LogP contribution in [0.2, 0.25) is 0 Å². The van der Waals surface area contributed by atoms with Crippen molar-refractivity contribution in [2.75, 3.05) is 6.61 Å². The second kappa shape index (κ2) is 11.9. The van der Waals surface area contributed by atoms with Crippen molar-refractivity contribution < 1.29 is 44.3 Å². The van der Waals surface area contributed by atoms with E-state index in [4.69, 9.17) is 9.84 Å². The Hall–Kier alpha value is -2.98. The summed E-state index contributed by atoms with van der Waals surface area (Å²) in [5.41, 5.74) is -2.42. The number of fused-ring (bicyclic) bond motifs is 20. The molecule has 4 N–H and O–H groups in total. The summed E-state index contributed by atoms with van der Waals surface area (Å²) in [5.74, 6) is 15.5. The van der Waals surface area contributed by atoms with E-state index in [-0.39, 0.29) is 51.8 Å². The van der Waals surface area contributed by atoms with Gasteiger partial charge in [-0.05, 0) is 154 Å². The summed E-state index contributed by atoms with van der Waals surface area (Å²) in [6, 6.07) is 0. The molecule has 0 aromatic heterocycles. The molecule has 6 unspecified atom stereocenters. The van der Waals surface area contributed by atoms with Gasteiger partial charge in [-0.25, -0.2) is 9.59 Å². The van der Waals surface area contributed by atoms with E-state index in [1.807, 2.05) is 6.08 Å². The molecule has 0 saturated heterocycles. The van der Waals surface area contributed by atoms with Gasteiger partial charge in [0.15, 0.2) is 5.78 Å². The third kappa shape index (κ3) is 4.77. The van der Waals surface area contributed by atoms with Gasteiger partial charge < -0.3 is 25.2 Å². The Bertz CT molecular complexity index is 2140. The fourth-order valence-electron chi connectivity index (χ4n) is 18.3. The summed E-state index contributed by atoms with van der Waals surface area (Å²) in [6.45, 7) is 11.1. The molecule has 0 aromatic carbocycles. The molecular formula is C50H62O9. The number of carboxylic acid groups (broad SMARTS) is 1. The van der Waals surface area contributed by atoms with Gasteiger partial charge >= 0.3 is 11.9 Å². The van der Waals surface area contributed by atoms with E-state index in [1.165, 1.54) is 12.0 Å². The first kappa shape index (κ1) is 38.9. The van der Waals surface area contributed by atoms with Crippen LogP contribution in [0.5, 0.6) is 0 Å². The number of ketones is 2. The quantitative estimate of drug-likeness (QED) is 0.147. The number of aliphatic hydroxyl groups is 3. The van der Waals surface area contributed by atoms with Crippen LogP contribution >= 0.6 is 0 Å². The van der Waals surface area contributed by atoms with Crippen LogP contribution in [-0.2, 0) is 23.9 Å². The molecule has 0 amide bonds. The Labute approximate surface area is 348 Å². The summed E-state index contributed by atoms with van der Waals surface area (Å²) in [5, 5.41) is 44.4. The Kier molecular flexibility index (Phi) is 7.87. The van der Waals surface area contributed by atoms with Gasteiger partial charge in [-0.1, -0.05) is 45.1 Å². The van der Waals surface area contributed by atoms with E-state index < -0.39 is 28.7 Å². The first-order chi connectivity index (χ1) is 27.8. The van der Waals surface area contributed by atoms with Gasteiger partial charge in [0.2, 0.25) is 0 Å². The molecular weight excluding hydrogens is 745 g/mol. The van der Waals surface area contributed by atoms with Gasteiger partial charge in [0.25, 0.3) is 0 Å². The highest BCUT2D eigenvalue weighted by molar-refractivity contribution is 5.92. The molecule has 0 aliphatic heterocycles. The maximum absolute atomic E-state index is 12.3. The van der Waals surface area contributed by atoms with E-state index in [9.17, 15) is 34.5 Å². The number of hydrogen-bond donors (Lipinski definition) is 4. The molecule has 0 bridgehead atoms. The van der Waals surface area contributed by atoms with Crippen LogP contribution < -0.4 is 0 Å². The number of allylic oxidation sites excluding steroid dienone is 1. The summed E-state index contributed by atoms with van der Waals surface area (Å²) >= 11 is 0. The molecule has 0 radical (unpaired) electrons. The van der Waals surface area contributed by atoms with Crippen LogP contribution in [0.4, 0.5) is 0 Å². The fourth-order valence-corrected chi connectivity index (χ4v) is 18.3. The Balaban J connectivity index is 0.000000135. The summed E-state index contributed by atoms with van der Waals surface area (Å²) < 4.78 is 4.99. The number of Topliss-reactive ketones (excluding diaryl/α,β-unsaturated/α-hetero) is 1. The zero-order valence-electron chi connectivity index (χ0n) is 35.4. The highest BCUT2D eigenvalue weighted by atomic mass is 16.5. The lowest BCUT2D eigenvalue weighted by atomic mass is 9.42. The maximum Gasteiger partial charge on any atom is 0.384 e. The van der Waals surface area contributed by atoms with Crippen molar-refractivity contribution in [3.63, 3.8) is 0 Å². The molecule has 316 valence electrons. The fraction of sp³-hybridized carbons (Fsp3) is 0.800. The average Bonchev–Trinajstić information content (AvgIpc) is 3.99. The van der Waals surface area contributed by atoms with Crippen LogP contribution in [0.1, 0.15) is 118 Å². The minimum Gasteiger partial charge on any atom is -0.472 e. The van der Waals surface area contributed by atoms with Crippen LogP contribution in [0.3, 0.4) is 0 Å². The third-order valence-corrected chi connectivity index (χ3v) is 21.2. The molecule has 12 rings (SSSR count). The van der Waals surface area contributed by atoms with Crippen molar-refractivity contribution in [1.82, 2.24) is 0 Å². The van der Waals surface area contributed by atoms with E-state index in [1.54, 1.807) is 6.92 Å². The van der Waals surface area contributed by atoms with Gasteiger partial charge in [0.05, 0.1) is 12.2 Å². The third-order valence-electron chi connectivity index (χ3n) is 21.2. The largest absolute Gasteiger partial charge is 0.472 e. The number of aliphatic carboxylic acids is 1. The molecule has 12 aliphatic carbocycles. The molecule has 9 nitrogen and oxygen atoms in total.